The van der Waals surface area contributed by atoms with Crippen molar-refractivity contribution in [1.82, 2.24) is 19.3 Å². The molecule has 3 aromatic heterocycles. The van der Waals surface area contributed by atoms with Gasteiger partial charge in [0, 0.05) is 38.6 Å². The fourth-order valence-corrected chi connectivity index (χ4v) is 3.42. The van der Waals surface area contributed by atoms with Crippen LogP contribution in [0.5, 0.6) is 0 Å². The summed E-state index contributed by atoms with van der Waals surface area (Å²) in [6.45, 7) is 1.89. The van der Waals surface area contributed by atoms with E-state index in [1.54, 1.807) is 24.5 Å². The molecule has 0 fully saturated rings. The van der Waals surface area contributed by atoms with Crippen LogP contribution in [0.4, 0.5) is 5.95 Å². The average molecular weight is 384 g/mol. The molecule has 0 spiro atoms. The van der Waals surface area contributed by atoms with Crippen LogP contribution in [0.25, 0.3) is 22.2 Å². The summed E-state index contributed by atoms with van der Waals surface area (Å²) in [5.74, 6) is 0.451. The Kier molecular flexibility index (Phi) is 4.40. The molecule has 0 saturated heterocycles. The molecule has 26 heavy (non-hydrogen) atoms. The Morgan fingerprint density at radius 3 is 2.96 bits per heavy atom. The first-order valence-electron chi connectivity index (χ1n) is 7.92. The molecule has 0 aliphatic heterocycles. The number of pyridine rings is 1. The topological polar surface area (TPSA) is 83.6 Å². The van der Waals surface area contributed by atoms with Crippen molar-refractivity contribution in [2.45, 2.75) is 13.0 Å². The lowest BCUT2D eigenvalue weighted by atomic mass is 10.1. The molecule has 0 radical (unpaired) electrons. The van der Waals surface area contributed by atoms with Crippen LogP contribution in [-0.2, 0) is 0 Å². The fraction of sp³-hybridized carbons (Fsp3) is 0.111. The van der Waals surface area contributed by atoms with Gasteiger partial charge >= 0.3 is 0 Å². The van der Waals surface area contributed by atoms with Gasteiger partial charge in [0.15, 0.2) is 0 Å². The summed E-state index contributed by atoms with van der Waals surface area (Å²) in [6, 6.07) is 8.75. The maximum absolute atomic E-state index is 12.4. The molecule has 130 valence electrons. The van der Waals surface area contributed by atoms with Gasteiger partial charge in [-0.3, -0.25) is 4.79 Å². The molecule has 0 saturated carbocycles. The summed E-state index contributed by atoms with van der Waals surface area (Å²) < 4.78 is 4.09. The zero-order chi connectivity index (χ0) is 18.1. The lowest BCUT2D eigenvalue weighted by molar-refractivity contribution is 0.845. The summed E-state index contributed by atoms with van der Waals surface area (Å²) >= 11 is 7.42. The summed E-state index contributed by atoms with van der Waals surface area (Å²) in [5, 5.41) is 6.61. The van der Waals surface area contributed by atoms with Crippen LogP contribution in [0.3, 0.4) is 0 Å². The molecule has 0 aliphatic rings. The molecule has 0 bridgehead atoms. The fourth-order valence-electron chi connectivity index (χ4n) is 2.71. The highest BCUT2D eigenvalue weighted by Crippen LogP contribution is 2.22. The van der Waals surface area contributed by atoms with E-state index in [0.717, 1.165) is 22.2 Å². The summed E-state index contributed by atoms with van der Waals surface area (Å²) in [4.78, 5) is 24.1. The van der Waals surface area contributed by atoms with Crippen LogP contribution in [0, 0.1) is 0 Å². The number of hydrogen-bond donors (Lipinski definition) is 2. The Balaban J connectivity index is 1.65. The molecule has 1 unspecified atom stereocenters. The average Bonchev–Trinajstić information content (AvgIpc) is 3.16. The van der Waals surface area contributed by atoms with E-state index in [2.05, 4.69) is 24.6 Å². The van der Waals surface area contributed by atoms with Crippen molar-refractivity contribution >= 4 is 40.0 Å². The van der Waals surface area contributed by atoms with Gasteiger partial charge in [-0.05, 0) is 48.8 Å². The van der Waals surface area contributed by atoms with Crippen molar-refractivity contribution in [2.24, 2.45) is 0 Å². The van der Waals surface area contributed by atoms with Crippen molar-refractivity contribution in [1.29, 1.82) is 0 Å². The number of nitrogens with one attached hydrogen (secondary N) is 2. The third kappa shape index (κ3) is 3.31. The molecule has 1 aromatic carbocycles. The zero-order valence-electron chi connectivity index (χ0n) is 13.7. The van der Waals surface area contributed by atoms with Gasteiger partial charge in [-0.25, -0.2) is 14.3 Å². The number of aromatic nitrogens is 4. The van der Waals surface area contributed by atoms with E-state index in [0.29, 0.717) is 16.5 Å². The number of anilines is 1. The smallest absolute Gasteiger partial charge is 0.253 e. The summed E-state index contributed by atoms with van der Waals surface area (Å²) in [6.07, 6.45) is 3.44. The Bertz CT molecular complexity index is 1130. The van der Waals surface area contributed by atoms with Crippen molar-refractivity contribution in [3.63, 3.8) is 0 Å². The minimum absolute atomic E-state index is 0.155. The van der Waals surface area contributed by atoms with Crippen LogP contribution < -0.4 is 10.9 Å². The minimum Gasteiger partial charge on any atom is -0.347 e. The molecule has 8 heteroatoms. The number of H-pyrrole nitrogens is 1. The number of hydrogen-bond acceptors (Lipinski definition) is 6. The number of rotatable bonds is 4. The maximum Gasteiger partial charge on any atom is 0.253 e. The molecule has 4 rings (SSSR count). The number of benzene rings is 1. The lowest BCUT2D eigenvalue weighted by Crippen LogP contribution is -2.20. The Morgan fingerprint density at radius 2 is 2.15 bits per heavy atom. The predicted octanol–water partition coefficient (Wildman–Crippen LogP) is 4.27. The molecular formula is C18H14ClN5OS. The molecule has 0 aliphatic carbocycles. The summed E-state index contributed by atoms with van der Waals surface area (Å²) in [7, 11) is 0. The van der Waals surface area contributed by atoms with Gasteiger partial charge in [-0.1, -0.05) is 11.6 Å². The third-order valence-electron chi connectivity index (χ3n) is 4.03. The largest absolute Gasteiger partial charge is 0.347 e. The van der Waals surface area contributed by atoms with Gasteiger partial charge in [-0.15, -0.1) is 0 Å². The molecule has 1 atom stereocenters. The van der Waals surface area contributed by atoms with E-state index in [9.17, 15) is 4.79 Å². The minimum atomic E-state index is -0.280. The number of aromatic amines is 1. The highest BCUT2D eigenvalue weighted by molar-refractivity contribution is 7.03. The Labute approximate surface area is 158 Å². The van der Waals surface area contributed by atoms with Crippen molar-refractivity contribution in [3.8, 4) is 11.3 Å². The summed E-state index contributed by atoms with van der Waals surface area (Å²) in [5.41, 5.74) is 2.90. The predicted molar refractivity (Wildman–Crippen MR) is 105 cm³/mol. The first-order valence-corrected chi connectivity index (χ1v) is 9.13. The van der Waals surface area contributed by atoms with Crippen LogP contribution in [-0.4, -0.2) is 19.3 Å². The third-order valence-corrected chi connectivity index (χ3v) is 4.85. The van der Waals surface area contributed by atoms with Crippen molar-refractivity contribution in [3.05, 3.63) is 69.0 Å². The zero-order valence-corrected chi connectivity index (χ0v) is 15.3. The molecule has 4 aromatic rings. The number of halogens is 1. The normalized spacial score (nSPS) is 12.2. The molecule has 3 heterocycles. The van der Waals surface area contributed by atoms with Gasteiger partial charge < -0.3 is 10.3 Å². The van der Waals surface area contributed by atoms with Gasteiger partial charge in [0.2, 0.25) is 5.95 Å². The van der Waals surface area contributed by atoms with Gasteiger partial charge in [-0.2, -0.15) is 0 Å². The second-order valence-corrected chi connectivity index (χ2v) is 6.92. The van der Waals surface area contributed by atoms with Crippen LogP contribution in [0.1, 0.15) is 18.5 Å². The van der Waals surface area contributed by atoms with Crippen LogP contribution >= 0.6 is 23.1 Å². The highest BCUT2D eigenvalue weighted by Gasteiger charge is 2.13. The van der Waals surface area contributed by atoms with E-state index in [1.165, 1.54) is 11.5 Å². The van der Waals surface area contributed by atoms with E-state index in [-0.39, 0.29) is 11.6 Å². The highest BCUT2D eigenvalue weighted by atomic mass is 35.5. The van der Waals surface area contributed by atoms with E-state index in [4.69, 9.17) is 11.6 Å². The quantitative estimate of drug-likeness (QED) is 0.549. The molecule has 0 amide bonds. The first-order chi connectivity index (χ1) is 12.6. The number of nitrogens with zero attached hydrogens (tertiary/aromatic N) is 3. The molecule has 2 N–H and O–H groups in total. The van der Waals surface area contributed by atoms with E-state index >= 15 is 0 Å². The van der Waals surface area contributed by atoms with E-state index < -0.39 is 0 Å². The molecular weight excluding hydrogens is 370 g/mol. The maximum atomic E-state index is 12.4. The monoisotopic (exact) mass is 383 g/mol. The molecule has 6 nitrogen and oxygen atoms in total. The van der Waals surface area contributed by atoms with Gasteiger partial charge in [0.25, 0.3) is 5.56 Å². The van der Waals surface area contributed by atoms with Gasteiger partial charge in [0.1, 0.15) is 0 Å². The van der Waals surface area contributed by atoms with Crippen molar-refractivity contribution in [2.75, 3.05) is 5.32 Å². The van der Waals surface area contributed by atoms with E-state index in [1.807, 2.05) is 30.5 Å². The second-order valence-electron chi connectivity index (χ2n) is 5.83. The first kappa shape index (κ1) is 16.7. The van der Waals surface area contributed by atoms with Gasteiger partial charge in [0.05, 0.1) is 17.9 Å². The second kappa shape index (κ2) is 6.86. The Morgan fingerprint density at radius 1 is 1.27 bits per heavy atom. The lowest BCUT2D eigenvalue weighted by Gasteiger charge is -2.14. The Hall–Kier alpha value is -2.77. The van der Waals surface area contributed by atoms with Crippen LogP contribution in [0.15, 0.2) is 52.9 Å². The number of fused-ring (bicyclic) bond motifs is 1. The van der Waals surface area contributed by atoms with Crippen molar-refractivity contribution < 1.29 is 0 Å². The SMILES string of the molecule is CC(Nc1nccc(-c2cnsc2)n1)c1cc2cc(Cl)ccc2[nH]c1=O. The van der Waals surface area contributed by atoms with Crippen LogP contribution in [0.2, 0.25) is 5.02 Å². The standard InChI is InChI=1S/C18H14ClN5OS/c1-10(14-7-11-6-13(19)2-3-15(11)23-17(14)25)22-18-20-5-4-16(24-18)12-8-21-26-9-12/h2-10H,1H3,(H,23,25)(H,20,22,24).